The molecule has 2 aromatic heterocycles. The second-order valence-electron chi connectivity index (χ2n) is 11.5. The molecule has 0 fully saturated rings. The van der Waals surface area contributed by atoms with Crippen LogP contribution in [0.3, 0.4) is 0 Å². The molecule has 9 rings (SSSR count). The second kappa shape index (κ2) is 11.2. The molecule has 0 aliphatic rings. The van der Waals surface area contributed by atoms with E-state index < -0.39 is 0 Å². The van der Waals surface area contributed by atoms with E-state index in [2.05, 4.69) is 153 Å². The SMILES string of the molecule is c1ccc(-c2nnc(-c3cccc4c(N(c5ccccc5)c5ccc6c(c5)c5ccccc5n6-c5ccccc5)cccc34)o2)cc1. The highest BCUT2D eigenvalue weighted by Gasteiger charge is 2.20. The smallest absolute Gasteiger partial charge is 0.248 e. The van der Waals surface area contributed by atoms with E-state index in [1.165, 1.54) is 21.8 Å². The average Bonchev–Trinajstić information content (AvgIpc) is 3.76. The second-order valence-corrected chi connectivity index (χ2v) is 11.5. The Labute approximate surface area is 271 Å². The third-order valence-corrected chi connectivity index (χ3v) is 8.76. The van der Waals surface area contributed by atoms with Gasteiger partial charge in [0.2, 0.25) is 11.8 Å². The molecule has 5 nitrogen and oxygen atoms in total. The van der Waals surface area contributed by atoms with Gasteiger partial charge in [-0.25, -0.2) is 0 Å². The van der Waals surface area contributed by atoms with Crippen molar-refractivity contribution in [1.82, 2.24) is 14.8 Å². The minimum Gasteiger partial charge on any atom is -0.416 e. The van der Waals surface area contributed by atoms with Gasteiger partial charge in [-0.15, -0.1) is 10.2 Å². The number of rotatable bonds is 6. The first kappa shape index (κ1) is 26.9. The summed E-state index contributed by atoms with van der Waals surface area (Å²) in [6, 6.07) is 59.1. The van der Waals surface area contributed by atoms with E-state index in [1.54, 1.807) is 0 Å². The first-order chi connectivity index (χ1) is 23.3. The van der Waals surface area contributed by atoms with E-state index in [0.29, 0.717) is 11.8 Å². The van der Waals surface area contributed by atoms with Crippen LogP contribution in [0.2, 0.25) is 0 Å². The van der Waals surface area contributed by atoms with Gasteiger partial charge in [0.1, 0.15) is 0 Å². The van der Waals surface area contributed by atoms with Crippen LogP contribution < -0.4 is 4.90 Å². The molecular formula is C42H28N4O. The quantitative estimate of drug-likeness (QED) is 0.189. The molecule has 5 heteroatoms. The van der Waals surface area contributed by atoms with Gasteiger partial charge in [-0.2, -0.15) is 0 Å². The summed E-state index contributed by atoms with van der Waals surface area (Å²) in [5, 5.41) is 13.4. The summed E-state index contributed by atoms with van der Waals surface area (Å²) >= 11 is 0. The Kier molecular flexibility index (Phi) is 6.39. The lowest BCUT2D eigenvalue weighted by Crippen LogP contribution is -2.10. The summed E-state index contributed by atoms with van der Waals surface area (Å²) in [6.45, 7) is 0. The predicted molar refractivity (Wildman–Crippen MR) is 192 cm³/mol. The summed E-state index contributed by atoms with van der Waals surface area (Å²) in [7, 11) is 0. The van der Waals surface area contributed by atoms with Crippen LogP contribution in [0.15, 0.2) is 174 Å². The number of anilines is 3. The van der Waals surface area contributed by atoms with Crippen LogP contribution in [0.4, 0.5) is 17.1 Å². The average molecular weight is 605 g/mol. The fourth-order valence-corrected chi connectivity index (χ4v) is 6.66. The minimum atomic E-state index is 0.494. The molecule has 0 amide bonds. The van der Waals surface area contributed by atoms with Gasteiger partial charge in [0.05, 0.1) is 16.7 Å². The standard InChI is InChI=1S/C42H28N4O/c1-4-14-29(15-5-1)41-43-44-42(47-41)36-23-12-22-34-33(36)21-13-25-38(34)45(30-16-6-2-7-17-30)32-26-27-40-37(28-32)35-20-10-11-24-39(35)46(40)31-18-8-3-9-19-31/h1-28H. The predicted octanol–water partition coefficient (Wildman–Crippen LogP) is 11.1. The molecule has 0 aliphatic carbocycles. The first-order valence-corrected chi connectivity index (χ1v) is 15.7. The summed E-state index contributed by atoms with van der Waals surface area (Å²) in [5.41, 5.74) is 8.48. The molecule has 222 valence electrons. The molecule has 0 saturated heterocycles. The number of hydrogen-bond donors (Lipinski definition) is 0. The normalized spacial score (nSPS) is 11.4. The van der Waals surface area contributed by atoms with Gasteiger partial charge in [0.15, 0.2) is 0 Å². The van der Waals surface area contributed by atoms with Crippen LogP contribution >= 0.6 is 0 Å². The number of fused-ring (bicyclic) bond motifs is 4. The Morgan fingerprint density at radius 1 is 0.447 bits per heavy atom. The summed E-state index contributed by atoms with van der Waals surface area (Å²) < 4.78 is 8.57. The molecule has 2 heterocycles. The molecule has 0 bridgehead atoms. The van der Waals surface area contributed by atoms with Crippen LogP contribution in [0.1, 0.15) is 0 Å². The summed E-state index contributed by atoms with van der Waals surface area (Å²) in [5.74, 6) is 0.996. The van der Waals surface area contributed by atoms with Gasteiger partial charge in [-0.05, 0) is 78.2 Å². The van der Waals surface area contributed by atoms with Crippen molar-refractivity contribution in [3.05, 3.63) is 170 Å². The van der Waals surface area contributed by atoms with Crippen molar-refractivity contribution in [3.8, 4) is 28.6 Å². The Morgan fingerprint density at radius 3 is 1.91 bits per heavy atom. The molecule has 7 aromatic carbocycles. The Hall–Kier alpha value is -6.46. The van der Waals surface area contributed by atoms with E-state index in [0.717, 1.165) is 44.6 Å². The number of aromatic nitrogens is 3. The molecular weight excluding hydrogens is 576 g/mol. The van der Waals surface area contributed by atoms with Crippen molar-refractivity contribution in [2.75, 3.05) is 4.90 Å². The number of nitrogens with zero attached hydrogens (tertiary/aromatic N) is 4. The van der Waals surface area contributed by atoms with E-state index >= 15 is 0 Å². The molecule has 0 saturated carbocycles. The van der Waals surface area contributed by atoms with E-state index in [9.17, 15) is 0 Å². The highest BCUT2D eigenvalue weighted by atomic mass is 16.4. The van der Waals surface area contributed by atoms with Crippen molar-refractivity contribution in [1.29, 1.82) is 0 Å². The molecule has 0 spiro atoms. The highest BCUT2D eigenvalue weighted by molar-refractivity contribution is 6.11. The minimum absolute atomic E-state index is 0.494. The lowest BCUT2D eigenvalue weighted by Gasteiger charge is -2.27. The Bertz CT molecular complexity index is 2520. The fourth-order valence-electron chi connectivity index (χ4n) is 6.66. The van der Waals surface area contributed by atoms with Gasteiger partial charge in [-0.3, -0.25) is 0 Å². The third kappa shape index (κ3) is 4.56. The fraction of sp³-hybridized carbons (Fsp3) is 0. The summed E-state index contributed by atoms with van der Waals surface area (Å²) in [4.78, 5) is 2.34. The van der Waals surface area contributed by atoms with Crippen molar-refractivity contribution in [3.63, 3.8) is 0 Å². The maximum absolute atomic E-state index is 6.22. The zero-order chi connectivity index (χ0) is 31.2. The Morgan fingerprint density at radius 2 is 1.09 bits per heavy atom. The molecule has 0 atom stereocenters. The van der Waals surface area contributed by atoms with Crippen LogP contribution in [0.25, 0.3) is 61.2 Å². The zero-order valence-electron chi connectivity index (χ0n) is 25.4. The van der Waals surface area contributed by atoms with Gasteiger partial charge in [-0.1, -0.05) is 97.1 Å². The molecule has 9 aromatic rings. The molecule has 0 aliphatic heterocycles. The lowest BCUT2D eigenvalue weighted by molar-refractivity contribution is 0.585. The van der Waals surface area contributed by atoms with E-state index in [-0.39, 0.29) is 0 Å². The van der Waals surface area contributed by atoms with Crippen LogP contribution in [0, 0.1) is 0 Å². The van der Waals surface area contributed by atoms with Crippen LogP contribution in [0.5, 0.6) is 0 Å². The Balaban J connectivity index is 1.24. The van der Waals surface area contributed by atoms with Crippen molar-refractivity contribution in [2.45, 2.75) is 0 Å². The van der Waals surface area contributed by atoms with Gasteiger partial charge in [0, 0.05) is 44.3 Å². The third-order valence-electron chi connectivity index (χ3n) is 8.76. The van der Waals surface area contributed by atoms with Gasteiger partial charge in [0.25, 0.3) is 0 Å². The van der Waals surface area contributed by atoms with Crippen LogP contribution in [-0.2, 0) is 0 Å². The first-order valence-electron chi connectivity index (χ1n) is 15.7. The van der Waals surface area contributed by atoms with E-state index in [1.807, 2.05) is 36.4 Å². The largest absolute Gasteiger partial charge is 0.416 e. The molecule has 0 radical (unpaired) electrons. The highest BCUT2D eigenvalue weighted by Crippen LogP contribution is 2.43. The van der Waals surface area contributed by atoms with Crippen LogP contribution in [-0.4, -0.2) is 14.8 Å². The molecule has 0 N–H and O–H groups in total. The van der Waals surface area contributed by atoms with Gasteiger partial charge < -0.3 is 13.9 Å². The number of hydrogen-bond acceptors (Lipinski definition) is 4. The number of benzene rings is 7. The monoisotopic (exact) mass is 604 g/mol. The van der Waals surface area contributed by atoms with Crippen molar-refractivity contribution < 1.29 is 4.42 Å². The maximum atomic E-state index is 6.22. The van der Waals surface area contributed by atoms with Crippen molar-refractivity contribution in [2.24, 2.45) is 0 Å². The maximum Gasteiger partial charge on any atom is 0.248 e. The molecule has 0 unspecified atom stereocenters. The van der Waals surface area contributed by atoms with E-state index in [4.69, 9.17) is 4.42 Å². The zero-order valence-corrected chi connectivity index (χ0v) is 25.4. The topological polar surface area (TPSA) is 47.1 Å². The number of para-hydroxylation sites is 3. The van der Waals surface area contributed by atoms with Crippen molar-refractivity contribution >= 4 is 49.6 Å². The molecule has 47 heavy (non-hydrogen) atoms. The van der Waals surface area contributed by atoms with Gasteiger partial charge >= 0.3 is 0 Å². The lowest BCUT2D eigenvalue weighted by atomic mass is 10.0. The summed E-state index contributed by atoms with van der Waals surface area (Å²) in [6.07, 6.45) is 0.